The highest BCUT2D eigenvalue weighted by atomic mass is 19.1. The predicted molar refractivity (Wildman–Crippen MR) is 68.3 cm³/mol. The van der Waals surface area contributed by atoms with Crippen LogP contribution in [0.3, 0.4) is 0 Å². The first-order valence-electron chi connectivity index (χ1n) is 5.61. The van der Waals surface area contributed by atoms with Crippen molar-refractivity contribution in [3.8, 4) is 0 Å². The number of H-pyrrole nitrogens is 1. The van der Waals surface area contributed by atoms with E-state index in [1.807, 2.05) is 0 Å². The molecule has 0 radical (unpaired) electrons. The molecule has 0 unspecified atom stereocenters. The first-order valence-corrected chi connectivity index (χ1v) is 5.61. The number of anilines is 1. The van der Waals surface area contributed by atoms with Crippen molar-refractivity contribution in [2.75, 3.05) is 5.32 Å². The zero-order valence-electron chi connectivity index (χ0n) is 10.3. The van der Waals surface area contributed by atoms with Gasteiger partial charge in [0, 0.05) is 23.9 Å². The molecule has 0 aliphatic rings. The summed E-state index contributed by atoms with van der Waals surface area (Å²) in [4.78, 5) is 35.9. The first kappa shape index (κ1) is 14.4. The molecular weight excluding hydrogens is 286 g/mol. The number of pyridine rings is 1. The Balaban J connectivity index is 2.35. The molecule has 1 amide bonds. The Morgan fingerprint density at radius 3 is 2.48 bits per heavy atom. The van der Waals surface area contributed by atoms with Crippen molar-refractivity contribution >= 4 is 17.6 Å². The summed E-state index contributed by atoms with van der Waals surface area (Å²) >= 11 is 0. The van der Waals surface area contributed by atoms with Crippen LogP contribution in [0.4, 0.5) is 14.5 Å². The Kier molecular flexibility index (Phi) is 3.79. The summed E-state index contributed by atoms with van der Waals surface area (Å²) in [5.41, 5.74) is -1.87. The highest BCUT2D eigenvalue weighted by molar-refractivity contribution is 6.04. The van der Waals surface area contributed by atoms with Crippen LogP contribution in [-0.2, 0) is 0 Å². The van der Waals surface area contributed by atoms with Gasteiger partial charge in [-0.3, -0.25) is 9.59 Å². The molecule has 3 N–H and O–H groups in total. The number of nitrogens with one attached hydrogen (secondary N) is 2. The van der Waals surface area contributed by atoms with Crippen LogP contribution in [0, 0.1) is 11.6 Å². The number of amides is 1. The lowest BCUT2D eigenvalue weighted by molar-refractivity contribution is 0.0691. The molecule has 0 saturated heterocycles. The van der Waals surface area contributed by atoms with Gasteiger partial charge in [0.15, 0.2) is 0 Å². The second kappa shape index (κ2) is 5.53. The van der Waals surface area contributed by atoms with Crippen molar-refractivity contribution in [2.45, 2.75) is 0 Å². The number of hydrogen-bond donors (Lipinski definition) is 3. The lowest BCUT2D eigenvalue weighted by atomic mass is 10.1. The largest absolute Gasteiger partial charge is 0.478 e. The Morgan fingerprint density at radius 2 is 1.86 bits per heavy atom. The highest BCUT2D eigenvalue weighted by Gasteiger charge is 2.17. The van der Waals surface area contributed by atoms with E-state index in [0.29, 0.717) is 12.1 Å². The Morgan fingerprint density at radius 1 is 1.14 bits per heavy atom. The van der Waals surface area contributed by atoms with Gasteiger partial charge in [-0.2, -0.15) is 0 Å². The number of carboxylic acid groups (broad SMARTS) is 1. The molecule has 0 aliphatic carbocycles. The maximum atomic E-state index is 13.5. The Hall–Kier alpha value is -3.03. The summed E-state index contributed by atoms with van der Waals surface area (Å²) in [6.45, 7) is 0. The number of aromatic nitrogens is 1. The van der Waals surface area contributed by atoms with Crippen LogP contribution < -0.4 is 10.9 Å². The molecule has 0 saturated carbocycles. The van der Waals surface area contributed by atoms with Gasteiger partial charge in [-0.1, -0.05) is 0 Å². The van der Waals surface area contributed by atoms with E-state index < -0.39 is 40.3 Å². The van der Waals surface area contributed by atoms with Crippen molar-refractivity contribution in [3.63, 3.8) is 0 Å². The molecule has 0 spiro atoms. The lowest BCUT2D eigenvalue weighted by Crippen LogP contribution is -2.17. The third-order valence-corrected chi connectivity index (χ3v) is 2.57. The molecular formula is C13H8F2N2O4. The summed E-state index contributed by atoms with van der Waals surface area (Å²) < 4.78 is 26.7. The number of rotatable bonds is 3. The van der Waals surface area contributed by atoms with E-state index in [0.717, 1.165) is 6.07 Å². The molecule has 0 bridgehead atoms. The topological polar surface area (TPSA) is 99.3 Å². The van der Waals surface area contributed by atoms with Crippen LogP contribution in [0.5, 0.6) is 0 Å². The molecule has 0 fully saturated rings. The van der Waals surface area contributed by atoms with Crippen molar-refractivity contribution in [3.05, 3.63) is 63.6 Å². The van der Waals surface area contributed by atoms with Gasteiger partial charge in [-0.15, -0.1) is 0 Å². The third kappa shape index (κ3) is 3.11. The van der Waals surface area contributed by atoms with Crippen molar-refractivity contribution < 1.29 is 23.5 Å². The van der Waals surface area contributed by atoms with Gasteiger partial charge >= 0.3 is 5.97 Å². The monoisotopic (exact) mass is 294 g/mol. The second-order valence-electron chi connectivity index (χ2n) is 4.01. The summed E-state index contributed by atoms with van der Waals surface area (Å²) in [6, 6.07) is 3.28. The van der Waals surface area contributed by atoms with Crippen LogP contribution >= 0.6 is 0 Å². The van der Waals surface area contributed by atoms with Gasteiger partial charge in [-0.25, -0.2) is 13.6 Å². The van der Waals surface area contributed by atoms with Crippen LogP contribution in [0.15, 0.2) is 35.3 Å². The standard InChI is InChI=1S/C13H8F2N2O4/c14-8-5-9(15)10(4-7(8)13(20)21)17-12(19)6-1-2-16-11(18)3-6/h1-5H,(H,16,18)(H,17,19)(H,20,21). The minimum Gasteiger partial charge on any atom is -0.478 e. The van der Waals surface area contributed by atoms with Crippen molar-refractivity contribution in [1.82, 2.24) is 4.98 Å². The quantitative estimate of drug-likeness (QED) is 0.800. The third-order valence-electron chi connectivity index (χ3n) is 2.57. The number of halogens is 2. The maximum absolute atomic E-state index is 13.5. The predicted octanol–water partition coefficient (Wildman–Crippen LogP) is 1.60. The van der Waals surface area contributed by atoms with Crippen molar-refractivity contribution in [2.24, 2.45) is 0 Å². The zero-order chi connectivity index (χ0) is 15.6. The fourth-order valence-corrected chi connectivity index (χ4v) is 1.59. The molecule has 0 aliphatic heterocycles. The number of hydrogen-bond acceptors (Lipinski definition) is 3. The summed E-state index contributed by atoms with van der Waals surface area (Å²) in [6.07, 6.45) is 1.22. The van der Waals surface area contributed by atoms with E-state index in [1.54, 1.807) is 0 Å². The van der Waals surface area contributed by atoms with Crippen LogP contribution in [0.1, 0.15) is 20.7 Å². The molecule has 108 valence electrons. The molecule has 2 aromatic rings. The van der Waals surface area contributed by atoms with E-state index in [9.17, 15) is 23.2 Å². The number of carbonyl (C=O) groups is 2. The van der Waals surface area contributed by atoms with Crippen LogP contribution in [-0.4, -0.2) is 22.0 Å². The van der Waals surface area contributed by atoms with Gasteiger partial charge < -0.3 is 15.4 Å². The minimum atomic E-state index is -1.60. The molecule has 1 heterocycles. The number of aromatic carboxylic acids is 1. The van der Waals surface area contributed by atoms with Crippen LogP contribution in [0.2, 0.25) is 0 Å². The fraction of sp³-hybridized carbons (Fsp3) is 0. The van der Waals surface area contributed by atoms with Gasteiger partial charge in [-0.05, 0) is 12.1 Å². The molecule has 2 rings (SSSR count). The second-order valence-corrected chi connectivity index (χ2v) is 4.01. The molecule has 0 atom stereocenters. The van der Waals surface area contributed by atoms with E-state index in [-0.39, 0.29) is 5.56 Å². The summed E-state index contributed by atoms with van der Waals surface area (Å²) in [5.74, 6) is -4.81. The van der Waals surface area contributed by atoms with Gasteiger partial charge in [0.05, 0.1) is 11.3 Å². The smallest absolute Gasteiger partial charge is 0.338 e. The number of aromatic amines is 1. The molecule has 6 nitrogen and oxygen atoms in total. The van der Waals surface area contributed by atoms with E-state index in [2.05, 4.69) is 10.3 Å². The minimum absolute atomic E-state index is 0.0562. The fourth-order valence-electron chi connectivity index (χ4n) is 1.59. The van der Waals surface area contributed by atoms with E-state index in [4.69, 9.17) is 5.11 Å². The van der Waals surface area contributed by atoms with Gasteiger partial charge in [0.25, 0.3) is 5.91 Å². The SMILES string of the molecule is O=C(Nc1cc(C(=O)O)c(F)cc1F)c1cc[nH]c(=O)c1. The number of carbonyl (C=O) groups excluding carboxylic acids is 1. The number of carboxylic acids is 1. The normalized spacial score (nSPS) is 10.2. The average Bonchev–Trinajstić information content (AvgIpc) is 2.41. The molecule has 8 heteroatoms. The van der Waals surface area contributed by atoms with E-state index >= 15 is 0 Å². The Labute approximate surface area is 116 Å². The van der Waals surface area contributed by atoms with E-state index in [1.165, 1.54) is 12.3 Å². The van der Waals surface area contributed by atoms with Crippen LogP contribution in [0.25, 0.3) is 0 Å². The Bertz CT molecular complexity index is 786. The van der Waals surface area contributed by atoms with Gasteiger partial charge in [0.1, 0.15) is 11.6 Å². The molecule has 1 aromatic heterocycles. The summed E-state index contributed by atoms with van der Waals surface area (Å²) in [5, 5.41) is 10.8. The molecule has 1 aromatic carbocycles. The maximum Gasteiger partial charge on any atom is 0.338 e. The lowest BCUT2D eigenvalue weighted by Gasteiger charge is -2.08. The van der Waals surface area contributed by atoms with Gasteiger partial charge in [0.2, 0.25) is 5.56 Å². The first-order chi connectivity index (χ1) is 9.88. The molecule has 21 heavy (non-hydrogen) atoms. The summed E-state index contributed by atoms with van der Waals surface area (Å²) in [7, 11) is 0. The number of benzene rings is 1. The van der Waals surface area contributed by atoms with Crippen molar-refractivity contribution in [1.29, 1.82) is 0 Å². The average molecular weight is 294 g/mol. The highest BCUT2D eigenvalue weighted by Crippen LogP contribution is 2.20. The zero-order valence-corrected chi connectivity index (χ0v) is 10.3.